The van der Waals surface area contributed by atoms with E-state index in [-0.39, 0.29) is 5.91 Å². The van der Waals surface area contributed by atoms with Crippen LogP contribution in [0.4, 0.5) is 0 Å². The van der Waals surface area contributed by atoms with Crippen LogP contribution in [0.1, 0.15) is 36.0 Å². The summed E-state index contributed by atoms with van der Waals surface area (Å²) in [5, 5.41) is 2.85. The van der Waals surface area contributed by atoms with Crippen LogP contribution in [0.2, 0.25) is 0 Å². The Bertz CT molecular complexity index is 520. The average Bonchev–Trinajstić information content (AvgIpc) is 2.88. The monoisotopic (exact) mass is 318 g/mol. The number of benzene rings is 1. The van der Waals surface area contributed by atoms with Crippen molar-refractivity contribution in [1.29, 1.82) is 0 Å². The minimum absolute atomic E-state index is 0.115. The maximum absolute atomic E-state index is 12.0. The molecule has 6 nitrogen and oxygen atoms in total. The number of aliphatic imine (C=N–C) groups is 1. The molecule has 1 aliphatic heterocycles. The Morgan fingerprint density at radius 3 is 2.48 bits per heavy atom. The van der Waals surface area contributed by atoms with Gasteiger partial charge in [-0.1, -0.05) is 12.8 Å². The smallest absolute Gasteiger partial charge is 0.251 e. The van der Waals surface area contributed by atoms with Crippen LogP contribution in [0, 0.1) is 0 Å². The van der Waals surface area contributed by atoms with Crippen LogP contribution in [0.25, 0.3) is 0 Å². The molecule has 1 saturated heterocycles. The molecule has 1 amide bonds. The fourth-order valence-corrected chi connectivity index (χ4v) is 2.58. The van der Waals surface area contributed by atoms with Crippen molar-refractivity contribution in [3.8, 4) is 5.75 Å². The largest absolute Gasteiger partial charge is 0.497 e. The number of ether oxygens (including phenoxy) is 1. The lowest BCUT2D eigenvalue weighted by molar-refractivity contribution is 0.0954. The second-order valence-corrected chi connectivity index (χ2v) is 5.63. The van der Waals surface area contributed by atoms with E-state index < -0.39 is 0 Å². The van der Waals surface area contributed by atoms with Crippen molar-refractivity contribution in [2.24, 2.45) is 10.7 Å². The van der Waals surface area contributed by atoms with Crippen molar-refractivity contribution < 1.29 is 9.53 Å². The number of likely N-dealkylation sites (tertiary alicyclic amines) is 1. The summed E-state index contributed by atoms with van der Waals surface area (Å²) in [7, 11) is 1.60. The molecule has 2 rings (SSSR count). The van der Waals surface area contributed by atoms with Crippen molar-refractivity contribution >= 4 is 11.9 Å². The lowest BCUT2D eigenvalue weighted by atomic mass is 10.2. The van der Waals surface area contributed by atoms with E-state index in [1.165, 1.54) is 25.7 Å². The van der Waals surface area contributed by atoms with E-state index >= 15 is 0 Å². The molecule has 0 bridgehead atoms. The van der Waals surface area contributed by atoms with E-state index in [9.17, 15) is 4.79 Å². The van der Waals surface area contributed by atoms with Gasteiger partial charge in [0.1, 0.15) is 5.75 Å². The molecule has 0 aliphatic carbocycles. The van der Waals surface area contributed by atoms with Gasteiger partial charge in [0.2, 0.25) is 0 Å². The number of amides is 1. The molecule has 6 heteroatoms. The first-order valence-electron chi connectivity index (χ1n) is 8.18. The topological polar surface area (TPSA) is 79.9 Å². The lowest BCUT2D eigenvalue weighted by Crippen LogP contribution is -2.38. The second-order valence-electron chi connectivity index (χ2n) is 5.63. The number of nitrogens with two attached hydrogens (primary N) is 1. The molecule has 3 N–H and O–H groups in total. The van der Waals surface area contributed by atoms with E-state index in [4.69, 9.17) is 10.5 Å². The van der Waals surface area contributed by atoms with Gasteiger partial charge in [-0.2, -0.15) is 0 Å². The Morgan fingerprint density at radius 1 is 1.22 bits per heavy atom. The zero-order valence-corrected chi connectivity index (χ0v) is 13.8. The maximum atomic E-state index is 12.0. The van der Waals surface area contributed by atoms with Gasteiger partial charge in [0.15, 0.2) is 5.96 Å². The second kappa shape index (κ2) is 9.02. The zero-order valence-electron chi connectivity index (χ0n) is 13.8. The van der Waals surface area contributed by atoms with Gasteiger partial charge in [-0.05, 0) is 37.1 Å². The summed E-state index contributed by atoms with van der Waals surface area (Å²) in [5.74, 6) is 1.21. The fraction of sp³-hybridized carbons (Fsp3) is 0.529. The quantitative estimate of drug-likeness (QED) is 0.491. The number of hydrogen-bond donors (Lipinski definition) is 2. The first-order chi connectivity index (χ1) is 11.2. The number of nitrogens with one attached hydrogen (secondary N) is 1. The van der Waals surface area contributed by atoms with Gasteiger partial charge in [-0.3, -0.25) is 9.79 Å². The highest BCUT2D eigenvalue weighted by Crippen LogP contribution is 2.11. The van der Waals surface area contributed by atoms with Crippen molar-refractivity contribution in [2.45, 2.75) is 25.7 Å². The standard InChI is InChI=1S/C17H26N4O2/c1-23-15-8-6-14(7-9-15)16(22)19-10-11-20-17(18)21-12-4-2-3-5-13-21/h6-9H,2-5,10-13H2,1H3,(H2,18,20)(H,19,22). The summed E-state index contributed by atoms with van der Waals surface area (Å²) in [6.45, 7) is 2.92. The third-order valence-electron chi connectivity index (χ3n) is 3.95. The van der Waals surface area contributed by atoms with E-state index in [1.807, 2.05) is 0 Å². The predicted octanol–water partition coefficient (Wildman–Crippen LogP) is 1.62. The van der Waals surface area contributed by atoms with Crippen LogP contribution >= 0.6 is 0 Å². The van der Waals surface area contributed by atoms with Gasteiger partial charge in [0.05, 0.1) is 13.7 Å². The van der Waals surface area contributed by atoms with Crippen LogP contribution in [-0.4, -0.2) is 50.1 Å². The van der Waals surface area contributed by atoms with Gasteiger partial charge < -0.3 is 20.7 Å². The van der Waals surface area contributed by atoms with Crippen LogP contribution in [0.15, 0.2) is 29.3 Å². The predicted molar refractivity (Wildman–Crippen MR) is 91.9 cm³/mol. The Kier molecular flexibility index (Phi) is 6.72. The molecular formula is C17H26N4O2. The van der Waals surface area contributed by atoms with E-state index in [1.54, 1.807) is 31.4 Å². The van der Waals surface area contributed by atoms with Crippen LogP contribution < -0.4 is 15.8 Å². The summed E-state index contributed by atoms with van der Waals surface area (Å²) in [6, 6.07) is 7.01. The summed E-state index contributed by atoms with van der Waals surface area (Å²) >= 11 is 0. The number of hydrogen-bond acceptors (Lipinski definition) is 3. The minimum Gasteiger partial charge on any atom is -0.497 e. The van der Waals surface area contributed by atoms with E-state index in [0.29, 0.717) is 24.6 Å². The Morgan fingerprint density at radius 2 is 1.87 bits per heavy atom. The molecule has 0 spiro atoms. The fourth-order valence-electron chi connectivity index (χ4n) is 2.58. The molecule has 0 aromatic heterocycles. The Hall–Kier alpha value is -2.24. The molecular weight excluding hydrogens is 292 g/mol. The number of carbonyl (C=O) groups excluding carboxylic acids is 1. The first-order valence-corrected chi connectivity index (χ1v) is 8.18. The number of guanidine groups is 1. The molecule has 1 aromatic carbocycles. The molecule has 126 valence electrons. The molecule has 1 heterocycles. The normalized spacial score (nSPS) is 15.9. The number of nitrogens with zero attached hydrogens (tertiary/aromatic N) is 2. The number of carbonyl (C=O) groups is 1. The summed E-state index contributed by atoms with van der Waals surface area (Å²) < 4.78 is 5.07. The minimum atomic E-state index is -0.115. The average molecular weight is 318 g/mol. The van der Waals surface area contributed by atoms with Crippen LogP contribution in [0.3, 0.4) is 0 Å². The molecule has 0 radical (unpaired) electrons. The van der Waals surface area contributed by atoms with Gasteiger partial charge in [-0.15, -0.1) is 0 Å². The number of rotatable bonds is 5. The van der Waals surface area contributed by atoms with Gasteiger partial charge in [0.25, 0.3) is 5.91 Å². The summed E-state index contributed by atoms with van der Waals surface area (Å²) in [6.07, 6.45) is 4.87. The molecule has 0 unspecified atom stereocenters. The Labute approximate surface area is 137 Å². The highest BCUT2D eigenvalue weighted by Gasteiger charge is 2.10. The zero-order chi connectivity index (χ0) is 16.5. The molecule has 1 aliphatic rings. The molecule has 23 heavy (non-hydrogen) atoms. The van der Waals surface area contributed by atoms with Crippen molar-refractivity contribution in [3.63, 3.8) is 0 Å². The van der Waals surface area contributed by atoms with Gasteiger partial charge in [-0.25, -0.2) is 0 Å². The molecule has 0 saturated carbocycles. The maximum Gasteiger partial charge on any atom is 0.251 e. The van der Waals surface area contributed by atoms with E-state index in [2.05, 4.69) is 15.2 Å². The highest BCUT2D eigenvalue weighted by molar-refractivity contribution is 5.94. The summed E-state index contributed by atoms with van der Waals surface area (Å²) in [5.41, 5.74) is 6.63. The summed E-state index contributed by atoms with van der Waals surface area (Å²) in [4.78, 5) is 18.5. The van der Waals surface area contributed by atoms with Crippen molar-refractivity contribution in [1.82, 2.24) is 10.2 Å². The SMILES string of the molecule is COc1ccc(C(=O)NCCN=C(N)N2CCCCCC2)cc1. The first kappa shape index (κ1) is 17.1. The van der Waals surface area contributed by atoms with E-state index in [0.717, 1.165) is 18.8 Å². The molecule has 1 aromatic rings. The van der Waals surface area contributed by atoms with Crippen molar-refractivity contribution in [3.05, 3.63) is 29.8 Å². The van der Waals surface area contributed by atoms with Gasteiger partial charge >= 0.3 is 0 Å². The number of methoxy groups -OCH3 is 1. The Balaban J connectivity index is 1.74. The molecule has 1 fully saturated rings. The van der Waals surface area contributed by atoms with Crippen molar-refractivity contribution in [2.75, 3.05) is 33.3 Å². The third kappa shape index (κ3) is 5.47. The van der Waals surface area contributed by atoms with Crippen LogP contribution in [0.5, 0.6) is 5.75 Å². The highest BCUT2D eigenvalue weighted by atomic mass is 16.5. The third-order valence-corrected chi connectivity index (χ3v) is 3.95. The van der Waals surface area contributed by atoms with Crippen LogP contribution in [-0.2, 0) is 0 Å². The molecule has 0 atom stereocenters. The lowest BCUT2D eigenvalue weighted by Gasteiger charge is -2.21. The van der Waals surface area contributed by atoms with Gasteiger partial charge in [0, 0.05) is 25.2 Å².